The van der Waals surface area contributed by atoms with Crippen LogP contribution in [0.3, 0.4) is 0 Å². The van der Waals surface area contributed by atoms with E-state index >= 15 is 0 Å². The molecule has 3 aromatic rings. The molecule has 0 aromatic carbocycles. The lowest BCUT2D eigenvalue weighted by Gasteiger charge is -2.18. The van der Waals surface area contributed by atoms with Crippen LogP contribution >= 0.6 is 0 Å². The van der Waals surface area contributed by atoms with Gasteiger partial charge in [-0.3, -0.25) is 4.40 Å². The molecule has 82 valence electrons. The summed E-state index contributed by atoms with van der Waals surface area (Å²) < 4.78 is 7.58. The molecule has 0 radical (unpaired) electrons. The van der Waals surface area contributed by atoms with Crippen LogP contribution in [-0.4, -0.2) is 9.38 Å². The summed E-state index contributed by atoms with van der Waals surface area (Å²) in [6, 6.07) is 5.93. The molecule has 0 saturated heterocycles. The van der Waals surface area contributed by atoms with Crippen LogP contribution in [0.2, 0.25) is 0 Å². The third kappa shape index (κ3) is 1.18. The summed E-state index contributed by atoms with van der Waals surface area (Å²) in [7, 11) is 0. The van der Waals surface area contributed by atoms with Gasteiger partial charge in [0.25, 0.3) is 0 Å². The zero-order chi connectivity index (χ0) is 11.3. The van der Waals surface area contributed by atoms with Gasteiger partial charge in [-0.15, -0.1) is 0 Å². The molecule has 0 spiro atoms. The summed E-state index contributed by atoms with van der Waals surface area (Å²) in [5.74, 6) is 0. The summed E-state index contributed by atoms with van der Waals surface area (Å²) in [6.45, 7) is 6.57. The molecule has 16 heavy (non-hydrogen) atoms. The number of fused-ring (bicyclic) bond motifs is 3. The second-order valence-corrected chi connectivity index (χ2v) is 5.09. The van der Waals surface area contributed by atoms with E-state index in [1.807, 2.05) is 24.4 Å². The van der Waals surface area contributed by atoms with Crippen LogP contribution in [0.5, 0.6) is 0 Å². The smallest absolute Gasteiger partial charge is 0.150 e. The molecule has 3 heteroatoms. The van der Waals surface area contributed by atoms with Gasteiger partial charge in [0.15, 0.2) is 5.58 Å². The first-order chi connectivity index (χ1) is 7.57. The summed E-state index contributed by atoms with van der Waals surface area (Å²) >= 11 is 0. The van der Waals surface area contributed by atoms with Gasteiger partial charge in [0.1, 0.15) is 5.65 Å². The fraction of sp³-hybridized carbons (Fsp3) is 0.308. The average Bonchev–Trinajstić information content (AvgIpc) is 2.81. The van der Waals surface area contributed by atoms with E-state index in [2.05, 4.69) is 30.2 Å². The fourth-order valence-electron chi connectivity index (χ4n) is 2.04. The molecule has 3 nitrogen and oxygen atoms in total. The van der Waals surface area contributed by atoms with E-state index < -0.39 is 0 Å². The molecule has 0 bridgehead atoms. The van der Waals surface area contributed by atoms with Gasteiger partial charge in [0, 0.05) is 23.4 Å². The highest BCUT2D eigenvalue weighted by atomic mass is 16.3. The Morgan fingerprint density at radius 2 is 2.00 bits per heavy atom. The van der Waals surface area contributed by atoms with Gasteiger partial charge in [0.05, 0.1) is 11.8 Å². The van der Waals surface area contributed by atoms with Crippen molar-refractivity contribution < 1.29 is 4.42 Å². The van der Waals surface area contributed by atoms with Crippen molar-refractivity contribution in [1.82, 2.24) is 9.38 Å². The standard InChI is InChI=1S/C13H14N2O/c1-13(2,3)11-8-14-12-5-4-10-9(15(11)12)6-7-16-10/h4-8H,1-3H3. The molecule has 0 N–H and O–H groups in total. The molecule has 3 rings (SSSR count). The topological polar surface area (TPSA) is 30.4 Å². The molecule has 0 atom stereocenters. The van der Waals surface area contributed by atoms with Crippen molar-refractivity contribution in [2.45, 2.75) is 26.2 Å². The molecule has 0 amide bonds. The SMILES string of the molecule is CC(C)(C)c1cnc2ccc3occc3n12. The summed E-state index contributed by atoms with van der Waals surface area (Å²) in [5.41, 5.74) is 4.23. The van der Waals surface area contributed by atoms with Crippen molar-refractivity contribution in [3.63, 3.8) is 0 Å². The first-order valence-corrected chi connectivity index (χ1v) is 5.41. The van der Waals surface area contributed by atoms with Crippen molar-refractivity contribution in [2.75, 3.05) is 0 Å². The maximum absolute atomic E-state index is 5.41. The van der Waals surface area contributed by atoms with Gasteiger partial charge >= 0.3 is 0 Å². The van der Waals surface area contributed by atoms with Crippen LogP contribution < -0.4 is 0 Å². The number of imidazole rings is 1. The van der Waals surface area contributed by atoms with Crippen LogP contribution in [0.1, 0.15) is 26.5 Å². The number of aromatic nitrogens is 2. The fourth-order valence-corrected chi connectivity index (χ4v) is 2.04. The Bertz CT molecular complexity index is 655. The number of hydrogen-bond acceptors (Lipinski definition) is 2. The molecule has 3 aromatic heterocycles. The third-order valence-electron chi connectivity index (χ3n) is 2.86. The first kappa shape index (κ1) is 9.46. The molecule has 0 aliphatic carbocycles. The summed E-state index contributed by atoms with van der Waals surface area (Å²) in [6.07, 6.45) is 3.66. The lowest BCUT2D eigenvalue weighted by atomic mass is 9.93. The second-order valence-electron chi connectivity index (χ2n) is 5.09. The Labute approximate surface area is 93.7 Å². The second kappa shape index (κ2) is 2.88. The molecular formula is C13H14N2O. The molecule has 0 aliphatic rings. The highest BCUT2D eigenvalue weighted by Crippen LogP contribution is 2.27. The molecule has 3 heterocycles. The predicted octanol–water partition coefficient (Wildman–Crippen LogP) is 3.38. The normalized spacial score (nSPS) is 12.7. The highest BCUT2D eigenvalue weighted by Gasteiger charge is 2.20. The molecule has 0 unspecified atom stereocenters. The minimum absolute atomic E-state index is 0.0744. The Morgan fingerprint density at radius 1 is 1.19 bits per heavy atom. The van der Waals surface area contributed by atoms with Crippen LogP contribution in [0, 0.1) is 0 Å². The monoisotopic (exact) mass is 214 g/mol. The van der Waals surface area contributed by atoms with Gasteiger partial charge < -0.3 is 4.42 Å². The Balaban J connectivity index is 2.51. The van der Waals surface area contributed by atoms with E-state index in [9.17, 15) is 0 Å². The number of nitrogens with zero attached hydrogens (tertiary/aromatic N) is 2. The highest BCUT2D eigenvalue weighted by molar-refractivity contribution is 5.77. The van der Waals surface area contributed by atoms with Crippen LogP contribution in [-0.2, 0) is 5.41 Å². The van der Waals surface area contributed by atoms with Crippen molar-refractivity contribution >= 4 is 16.7 Å². The Kier molecular flexibility index (Phi) is 1.70. The van der Waals surface area contributed by atoms with Crippen LogP contribution in [0.25, 0.3) is 16.7 Å². The largest absolute Gasteiger partial charge is 0.463 e. The Morgan fingerprint density at radius 3 is 2.75 bits per heavy atom. The van der Waals surface area contributed by atoms with E-state index in [4.69, 9.17) is 4.42 Å². The van der Waals surface area contributed by atoms with Crippen molar-refractivity contribution in [3.05, 3.63) is 36.4 Å². The molecule has 0 fully saturated rings. The maximum atomic E-state index is 5.41. The van der Waals surface area contributed by atoms with E-state index in [-0.39, 0.29) is 5.41 Å². The zero-order valence-corrected chi connectivity index (χ0v) is 9.69. The lowest BCUT2D eigenvalue weighted by Crippen LogP contribution is -2.14. The third-order valence-corrected chi connectivity index (χ3v) is 2.86. The molecular weight excluding hydrogens is 200 g/mol. The van der Waals surface area contributed by atoms with Gasteiger partial charge in [-0.25, -0.2) is 4.98 Å². The molecule has 0 saturated carbocycles. The predicted molar refractivity (Wildman–Crippen MR) is 63.7 cm³/mol. The van der Waals surface area contributed by atoms with Crippen molar-refractivity contribution in [1.29, 1.82) is 0 Å². The number of hydrogen-bond donors (Lipinski definition) is 0. The van der Waals surface area contributed by atoms with Gasteiger partial charge in [-0.1, -0.05) is 20.8 Å². The van der Waals surface area contributed by atoms with Crippen LogP contribution in [0.4, 0.5) is 0 Å². The number of furan rings is 1. The quantitative estimate of drug-likeness (QED) is 0.574. The number of pyridine rings is 1. The van der Waals surface area contributed by atoms with E-state index in [0.29, 0.717) is 0 Å². The minimum atomic E-state index is 0.0744. The average molecular weight is 214 g/mol. The van der Waals surface area contributed by atoms with E-state index in [1.165, 1.54) is 5.69 Å². The summed E-state index contributed by atoms with van der Waals surface area (Å²) in [4.78, 5) is 4.44. The van der Waals surface area contributed by atoms with E-state index in [0.717, 1.165) is 16.7 Å². The Hall–Kier alpha value is -1.77. The van der Waals surface area contributed by atoms with Crippen molar-refractivity contribution in [3.8, 4) is 0 Å². The lowest BCUT2D eigenvalue weighted by molar-refractivity contribution is 0.566. The maximum Gasteiger partial charge on any atom is 0.150 e. The van der Waals surface area contributed by atoms with Gasteiger partial charge in [0.2, 0.25) is 0 Å². The minimum Gasteiger partial charge on any atom is -0.463 e. The first-order valence-electron chi connectivity index (χ1n) is 5.41. The van der Waals surface area contributed by atoms with E-state index in [1.54, 1.807) is 6.26 Å². The van der Waals surface area contributed by atoms with Crippen molar-refractivity contribution in [2.24, 2.45) is 0 Å². The zero-order valence-electron chi connectivity index (χ0n) is 9.69. The van der Waals surface area contributed by atoms with Gasteiger partial charge in [-0.2, -0.15) is 0 Å². The van der Waals surface area contributed by atoms with Gasteiger partial charge in [-0.05, 0) is 12.1 Å². The summed E-state index contributed by atoms with van der Waals surface area (Å²) in [5, 5.41) is 0. The van der Waals surface area contributed by atoms with Crippen LogP contribution in [0.15, 0.2) is 35.1 Å². The molecule has 0 aliphatic heterocycles. The number of rotatable bonds is 0.